The van der Waals surface area contributed by atoms with E-state index in [-0.39, 0.29) is 0 Å². The third kappa shape index (κ3) is 2.28. The van der Waals surface area contributed by atoms with E-state index in [2.05, 4.69) is 36.2 Å². The Morgan fingerprint density at radius 3 is 2.60 bits per heavy atom. The predicted octanol–water partition coefficient (Wildman–Crippen LogP) is 5.29. The quantitative estimate of drug-likeness (QED) is 0.652. The number of halogens is 1. The molecule has 0 aliphatic heterocycles. The highest BCUT2D eigenvalue weighted by molar-refractivity contribution is 7.71. The number of nitrogens with one attached hydrogen (secondary N) is 1. The van der Waals surface area contributed by atoms with Crippen molar-refractivity contribution in [2.75, 3.05) is 0 Å². The van der Waals surface area contributed by atoms with Crippen LogP contribution in [0.5, 0.6) is 0 Å². The van der Waals surface area contributed by atoms with E-state index in [1.54, 1.807) is 0 Å². The molecule has 2 nitrogen and oxygen atoms in total. The Morgan fingerprint density at radius 2 is 1.90 bits per heavy atom. The zero-order chi connectivity index (χ0) is 14.1. The van der Waals surface area contributed by atoms with E-state index < -0.39 is 0 Å². The number of para-hydroxylation sites is 1. The molecule has 0 amide bonds. The molecule has 20 heavy (non-hydrogen) atoms. The molecule has 0 aliphatic carbocycles. The van der Waals surface area contributed by atoms with Crippen molar-refractivity contribution >= 4 is 34.9 Å². The first-order valence-corrected chi connectivity index (χ1v) is 7.48. The molecule has 0 fully saturated rings. The van der Waals surface area contributed by atoms with Crippen LogP contribution in [0.25, 0.3) is 16.7 Å². The largest absolute Gasteiger partial charge is 0.330 e. The van der Waals surface area contributed by atoms with Gasteiger partial charge in [-0.2, -0.15) is 0 Å². The number of imidazole rings is 1. The second-order valence-corrected chi connectivity index (χ2v) is 5.61. The lowest BCUT2D eigenvalue weighted by Crippen LogP contribution is -1.95. The van der Waals surface area contributed by atoms with Crippen LogP contribution >= 0.6 is 23.8 Å². The topological polar surface area (TPSA) is 20.7 Å². The SMILES string of the molecule is CCCc1ccc(-n2c(=S)[nH]c3cccc(Cl)c32)cc1. The lowest BCUT2D eigenvalue weighted by Gasteiger charge is -2.07. The number of rotatable bonds is 3. The molecule has 0 saturated heterocycles. The predicted molar refractivity (Wildman–Crippen MR) is 87.5 cm³/mol. The Hall–Kier alpha value is -1.58. The molecule has 0 spiro atoms. The minimum Gasteiger partial charge on any atom is -0.330 e. The van der Waals surface area contributed by atoms with Gasteiger partial charge in [-0.1, -0.05) is 43.1 Å². The molecule has 102 valence electrons. The van der Waals surface area contributed by atoms with Crippen LogP contribution in [0.2, 0.25) is 5.02 Å². The summed E-state index contributed by atoms with van der Waals surface area (Å²) in [5.41, 5.74) is 4.27. The molecule has 4 heteroatoms. The average molecular weight is 303 g/mol. The maximum atomic E-state index is 6.32. The number of hydrogen-bond acceptors (Lipinski definition) is 1. The third-order valence-electron chi connectivity index (χ3n) is 3.39. The van der Waals surface area contributed by atoms with Crippen molar-refractivity contribution in [1.29, 1.82) is 0 Å². The van der Waals surface area contributed by atoms with Gasteiger partial charge in [-0.25, -0.2) is 0 Å². The first-order valence-electron chi connectivity index (χ1n) is 6.69. The van der Waals surface area contributed by atoms with Gasteiger partial charge in [0.25, 0.3) is 0 Å². The standard InChI is InChI=1S/C16H15ClN2S/c1-2-4-11-7-9-12(10-8-11)19-15-13(17)5-3-6-14(15)18-16(19)20/h3,5-10H,2,4H2,1H3,(H,18,20). The second-order valence-electron chi connectivity index (χ2n) is 4.82. The molecule has 0 saturated carbocycles. The molecule has 0 radical (unpaired) electrons. The summed E-state index contributed by atoms with van der Waals surface area (Å²) in [6.07, 6.45) is 2.25. The Bertz CT molecular complexity index is 799. The summed E-state index contributed by atoms with van der Waals surface area (Å²) in [5.74, 6) is 0. The summed E-state index contributed by atoms with van der Waals surface area (Å²) in [7, 11) is 0. The van der Waals surface area contributed by atoms with E-state index >= 15 is 0 Å². The number of aryl methyl sites for hydroxylation is 1. The van der Waals surface area contributed by atoms with Crippen molar-refractivity contribution in [2.45, 2.75) is 19.8 Å². The summed E-state index contributed by atoms with van der Waals surface area (Å²) in [5, 5.41) is 0.701. The van der Waals surface area contributed by atoms with Crippen LogP contribution in [0.4, 0.5) is 0 Å². The number of hydrogen-bond donors (Lipinski definition) is 1. The molecule has 3 rings (SSSR count). The maximum absolute atomic E-state index is 6.32. The fourth-order valence-electron chi connectivity index (χ4n) is 2.46. The second kappa shape index (κ2) is 5.43. The number of fused-ring (bicyclic) bond motifs is 1. The normalized spacial score (nSPS) is 11.1. The van der Waals surface area contributed by atoms with Crippen LogP contribution in [0.3, 0.4) is 0 Å². The van der Waals surface area contributed by atoms with Gasteiger partial charge in [-0.15, -0.1) is 0 Å². The Labute approximate surface area is 128 Å². The monoisotopic (exact) mass is 302 g/mol. The van der Waals surface area contributed by atoms with E-state index in [1.807, 2.05) is 22.8 Å². The zero-order valence-electron chi connectivity index (χ0n) is 11.2. The van der Waals surface area contributed by atoms with Gasteiger partial charge in [-0.05, 0) is 48.5 Å². The zero-order valence-corrected chi connectivity index (χ0v) is 12.8. The van der Waals surface area contributed by atoms with Crippen molar-refractivity contribution in [1.82, 2.24) is 9.55 Å². The average Bonchev–Trinajstić information content (AvgIpc) is 2.78. The fraction of sp³-hybridized carbons (Fsp3) is 0.188. The van der Waals surface area contributed by atoms with Crippen molar-refractivity contribution < 1.29 is 0 Å². The van der Waals surface area contributed by atoms with Crippen molar-refractivity contribution in [3.8, 4) is 5.69 Å². The summed E-state index contributed by atoms with van der Waals surface area (Å²) in [4.78, 5) is 3.20. The molecule has 3 aromatic rings. The highest BCUT2D eigenvalue weighted by Crippen LogP contribution is 2.26. The molecule has 0 unspecified atom stereocenters. The minimum absolute atomic E-state index is 0.663. The third-order valence-corrected chi connectivity index (χ3v) is 3.98. The summed E-state index contributed by atoms with van der Waals surface area (Å²) in [6, 6.07) is 14.3. The van der Waals surface area contributed by atoms with Crippen LogP contribution < -0.4 is 0 Å². The van der Waals surface area contributed by atoms with E-state index in [4.69, 9.17) is 23.8 Å². The van der Waals surface area contributed by atoms with Gasteiger partial charge in [0.05, 0.1) is 16.1 Å². The lowest BCUT2D eigenvalue weighted by atomic mass is 10.1. The van der Waals surface area contributed by atoms with Gasteiger partial charge in [-0.3, -0.25) is 4.57 Å². The van der Waals surface area contributed by atoms with E-state index in [0.29, 0.717) is 9.79 Å². The molecular formula is C16H15ClN2S. The van der Waals surface area contributed by atoms with Gasteiger partial charge in [0.1, 0.15) is 0 Å². The summed E-state index contributed by atoms with van der Waals surface area (Å²) >= 11 is 11.7. The van der Waals surface area contributed by atoms with Gasteiger partial charge in [0.15, 0.2) is 4.77 Å². The highest BCUT2D eigenvalue weighted by Gasteiger charge is 2.09. The molecule has 1 heterocycles. The number of aromatic amines is 1. The van der Waals surface area contributed by atoms with Crippen LogP contribution in [-0.4, -0.2) is 9.55 Å². The van der Waals surface area contributed by atoms with Gasteiger partial charge in [0, 0.05) is 5.69 Å². The fourth-order valence-corrected chi connectivity index (χ4v) is 3.03. The minimum atomic E-state index is 0.663. The number of aromatic nitrogens is 2. The van der Waals surface area contributed by atoms with Gasteiger partial charge < -0.3 is 4.98 Å². The van der Waals surface area contributed by atoms with Gasteiger partial charge in [0.2, 0.25) is 0 Å². The van der Waals surface area contributed by atoms with Crippen LogP contribution in [0, 0.1) is 4.77 Å². The summed E-state index contributed by atoms with van der Waals surface area (Å²) < 4.78 is 2.65. The van der Waals surface area contributed by atoms with E-state index in [0.717, 1.165) is 29.6 Å². The first-order chi connectivity index (χ1) is 9.70. The molecule has 1 aromatic heterocycles. The highest BCUT2D eigenvalue weighted by atomic mass is 35.5. The molecule has 1 N–H and O–H groups in total. The van der Waals surface area contributed by atoms with Crippen molar-refractivity contribution in [3.05, 3.63) is 57.8 Å². The van der Waals surface area contributed by atoms with Crippen LogP contribution in [0.1, 0.15) is 18.9 Å². The Kier molecular flexibility index (Phi) is 3.64. The number of nitrogens with zero attached hydrogens (tertiary/aromatic N) is 1. The van der Waals surface area contributed by atoms with E-state index in [9.17, 15) is 0 Å². The molecule has 0 atom stereocenters. The molecule has 2 aromatic carbocycles. The smallest absolute Gasteiger partial charge is 0.182 e. The van der Waals surface area contributed by atoms with Crippen LogP contribution in [0.15, 0.2) is 42.5 Å². The van der Waals surface area contributed by atoms with Gasteiger partial charge >= 0.3 is 0 Å². The van der Waals surface area contributed by atoms with E-state index in [1.165, 1.54) is 5.56 Å². The number of benzene rings is 2. The lowest BCUT2D eigenvalue weighted by molar-refractivity contribution is 0.920. The summed E-state index contributed by atoms with van der Waals surface area (Å²) in [6.45, 7) is 2.18. The molecular weight excluding hydrogens is 288 g/mol. The Morgan fingerprint density at radius 1 is 1.15 bits per heavy atom. The van der Waals surface area contributed by atoms with Crippen molar-refractivity contribution in [2.24, 2.45) is 0 Å². The molecule has 0 bridgehead atoms. The molecule has 0 aliphatic rings. The first kappa shape index (κ1) is 13.4. The van der Waals surface area contributed by atoms with Crippen LogP contribution in [-0.2, 0) is 6.42 Å². The van der Waals surface area contributed by atoms with Crippen molar-refractivity contribution in [3.63, 3.8) is 0 Å². The number of H-pyrrole nitrogens is 1. The maximum Gasteiger partial charge on any atom is 0.182 e. The Balaban J connectivity index is 2.19.